The summed E-state index contributed by atoms with van der Waals surface area (Å²) < 4.78 is 0. The Bertz CT molecular complexity index is 4810. The minimum atomic E-state index is 0. The lowest BCUT2D eigenvalue weighted by Gasteiger charge is -2.31. The van der Waals surface area contributed by atoms with Crippen molar-refractivity contribution in [2.75, 3.05) is 0 Å². The third-order valence-electron chi connectivity index (χ3n) is 19.2. The van der Waals surface area contributed by atoms with E-state index in [2.05, 4.69) is 121 Å². The Kier molecular flexibility index (Phi) is 23.7. The van der Waals surface area contributed by atoms with Crippen LogP contribution in [0.5, 0.6) is 0 Å². The van der Waals surface area contributed by atoms with Crippen LogP contribution >= 0.6 is 0 Å². The molecule has 10 aromatic rings. The van der Waals surface area contributed by atoms with E-state index in [1.807, 2.05) is 48.5 Å². The number of benzene rings is 5. The number of nitriles is 5. The van der Waals surface area contributed by atoms with Crippen molar-refractivity contribution in [3.8, 4) is 30.3 Å². The maximum absolute atomic E-state index is 11.8. The van der Waals surface area contributed by atoms with Crippen LogP contribution in [0, 0.1) is 86.2 Å². The molecule has 508 valence electrons. The molecule has 5 aromatic carbocycles. The van der Waals surface area contributed by atoms with Crippen LogP contribution in [0.2, 0.25) is 0 Å². The average molecular weight is 1340 g/mol. The van der Waals surface area contributed by atoms with Crippen LogP contribution in [0.3, 0.4) is 0 Å². The van der Waals surface area contributed by atoms with Gasteiger partial charge in [-0.15, -0.1) is 0 Å². The monoisotopic (exact) mass is 1340 g/mol. The van der Waals surface area contributed by atoms with Gasteiger partial charge in [-0.2, -0.15) is 26.3 Å². The van der Waals surface area contributed by atoms with E-state index in [0.29, 0.717) is 121 Å². The summed E-state index contributed by atoms with van der Waals surface area (Å²) in [5.41, 5.74) is 36.8. The molecule has 101 heavy (non-hydrogen) atoms. The van der Waals surface area contributed by atoms with E-state index >= 15 is 0 Å². The SMILES string of the molecule is C.CC1CC(=O)C=C(c2ccc(C#N)c3nccnc23)C1.C[C@@H]1CC(c2ccc(C#N)c3nccnc23)=C[C@H](N)C1.C[C@@H]1C[C@H](N)C[C@@H](c2ccc(C#N)c3nccnc23)C1.C[C@H]1CC(=O)C=C(c2ccc(C#N)c3nccnc23)C1.C[C@H]1C[C@@H](N)C[C@H](c2ccc(C#N)c3nccnc23)C1. The fourth-order valence-corrected chi connectivity index (χ4v) is 15.1. The molecule has 20 nitrogen and oxygen atoms in total. The van der Waals surface area contributed by atoms with Gasteiger partial charge in [0.15, 0.2) is 11.6 Å². The van der Waals surface area contributed by atoms with Gasteiger partial charge < -0.3 is 17.2 Å². The normalized spacial score (nSPS) is 22.3. The Labute approximate surface area is 588 Å². The molecule has 0 bridgehead atoms. The zero-order valence-corrected chi connectivity index (χ0v) is 56.8. The number of nitrogens with zero attached hydrogens (tertiary/aromatic N) is 15. The maximum Gasteiger partial charge on any atom is 0.156 e. The predicted octanol–water partition coefficient (Wildman–Crippen LogP) is 14.5. The first-order chi connectivity index (χ1) is 48.4. The van der Waals surface area contributed by atoms with Crippen LogP contribution in [0.25, 0.3) is 71.9 Å². The molecular formula is C81H82N18O2. The highest BCUT2D eigenvalue weighted by Crippen LogP contribution is 2.41. The molecule has 5 heterocycles. The molecule has 20 heteroatoms. The minimum Gasteiger partial charge on any atom is -0.328 e. The molecule has 0 radical (unpaired) electrons. The van der Waals surface area contributed by atoms with Gasteiger partial charge in [0.25, 0.3) is 0 Å². The number of carbonyl (C=O) groups is 2. The number of allylic oxidation sites excluding steroid dienone is 5. The lowest BCUT2D eigenvalue weighted by Crippen LogP contribution is -2.31. The Morgan fingerprint density at radius 2 is 0.614 bits per heavy atom. The quantitative estimate of drug-likeness (QED) is 0.144. The van der Waals surface area contributed by atoms with Crippen LogP contribution in [-0.4, -0.2) is 79.5 Å². The second-order valence-electron chi connectivity index (χ2n) is 27.5. The van der Waals surface area contributed by atoms with Crippen molar-refractivity contribution in [1.82, 2.24) is 49.8 Å². The Morgan fingerprint density at radius 1 is 0.327 bits per heavy atom. The highest BCUT2D eigenvalue weighted by molar-refractivity contribution is 6.04. The molecule has 5 aliphatic carbocycles. The molecule has 5 aromatic heterocycles. The predicted molar refractivity (Wildman–Crippen MR) is 393 cm³/mol. The number of hydrogen-bond acceptors (Lipinski definition) is 20. The molecule has 0 saturated heterocycles. The summed E-state index contributed by atoms with van der Waals surface area (Å²) in [5, 5.41) is 45.8. The van der Waals surface area contributed by atoms with Crippen LogP contribution in [0.4, 0.5) is 0 Å². The van der Waals surface area contributed by atoms with Crippen molar-refractivity contribution < 1.29 is 9.59 Å². The summed E-state index contributed by atoms with van der Waals surface area (Å²) >= 11 is 0. The fourth-order valence-electron chi connectivity index (χ4n) is 15.1. The first-order valence-electron chi connectivity index (χ1n) is 34.1. The van der Waals surface area contributed by atoms with E-state index in [0.717, 1.165) is 109 Å². The molecule has 5 aliphatic rings. The molecule has 15 rings (SSSR count). The van der Waals surface area contributed by atoms with Gasteiger partial charge in [-0.25, -0.2) is 0 Å². The van der Waals surface area contributed by atoms with Gasteiger partial charge in [-0.05, 0) is 176 Å². The number of fused-ring (bicyclic) bond motifs is 5. The van der Waals surface area contributed by atoms with Gasteiger partial charge in [0.2, 0.25) is 0 Å². The van der Waals surface area contributed by atoms with Crippen LogP contribution in [0.1, 0.15) is 187 Å². The standard InChI is InChI=1S/2C16H18N4.C16H16N4.2C16H13N3O.CH4/c3*1-10-6-12(8-13(18)7-10)14-3-2-11(9-17)15-16(14)20-5-4-19-15;2*1-10-6-12(8-13(20)7-10)14-3-2-11(9-17)15-16(14)19-5-4-18-15;/h2*2-5,10,12-13H,6-8,18H2,1H3;2-5,8,10,13H,6-7,18H2,1H3;2*2-5,8,10H,6-7H2,1H3;1H4/t2*10-,12-,13-;10-,13-;10-;;/m1011../s1. The Morgan fingerprint density at radius 3 is 0.921 bits per heavy atom. The smallest absolute Gasteiger partial charge is 0.156 e. The van der Waals surface area contributed by atoms with Crippen LogP contribution < -0.4 is 17.2 Å². The minimum absolute atomic E-state index is 0. The third-order valence-corrected chi connectivity index (χ3v) is 19.2. The van der Waals surface area contributed by atoms with E-state index in [1.54, 1.807) is 86.3 Å². The first kappa shape index (κ1) is 72.4. The highest BCUT2D eigenvalue weighted by atomic mass is 16.1. The Hall–Kier alpha value is -11.3. The summed E-state index contributed by atoms with van der Waals surface area (Å²) in [5.74, 6) is 3.64. The number of rotatable bonds is 5. The lowest BCUT2D eigenvalue weighted by molar-refractivity contribution is -0.116. The van der Waals surface area contributed by atoms with Crippen molar-refractivity contribution >= 4 is 83.5 Å². The van der Waals surface area contributed by atoms with Crippen LogP contribution in [0.15, 0.2) is 141 Å². The molecule has 0 spiro atoms. The zero-order chi connectivity index (χ0) is 70.6. The second kappa shape index (κ2) is 33.0. The van der Waals surface area contributed by atoms with Gasteiger partial charge in [-0.3, -0.25) is 59.4 Å². The fraction of sp³-hybridized carbons (Fsp3) is 0.346. The van der Waals surface area contributed by atoms with Gasteiger partial charge in [0, 0.05) is 110 Å². The van der Waals surface area contributed by atoms with Gasteiger partial charge in [-0.1, -0.05) is 78.5 Å². The molecule has 2 fully saturated rings. The molecule has 0 amide bonds. The summed E-state index contributed by atoms with van der Waals surface area (Å²) in [4.78, 5) is 67.0. The molecule has 2 saturated carbocycles. The van der Waals surface area contributed by atoms with Crippen molar-refractivity contribution in [2.24, 2.45) is 46.8 Å². The third kappa shape index (κ3) is 16.9. The van der Waals surface area contributed by atoms with E-state index in [1.165, 1.54) is 16.7 Å². The lowest BCUT2D eigenvalue weighted by atomic mass is 9.76. The number of nitrogens with two attached hydrogens (primary N) is 3. The van der Waals surface area contributed by atoms with Crippen LogP contribution in [-0.2, 0) is 9.59 Å². The molecule has 6 N–H and O–H groups in total. The Balaban J connectivity index is 0.000000136. The summed E-state index contributed by atoms with van der Waals surface area (Å²) in [6.07, 6.45) is 33.2. The summed E-state index contributed by atoms with van der Waals surface area (Å²) in [7, 11) is 0. The topological polar surface area (TPSA) is 360 Å². The first-order valence-corrected chi connectivity index (χ1v) is 34.1. The van der Waals surface area contributed by atoms with Gasteiger partial charge in [0.1, 0.15) is 57.9 Å². The van der Waals surface area contributed by atoms with Crippen molar-refractivity contribution in [2.45, 2.75) is 149 Å². The highest BCUT2D eigenvalue weighted by Gasteiger charge is 2.30. The van der Waals surface area contributed by atoms with Gasteiger partial charge >= 0.3 is 0 Å². The number of hydrogen-bond donors (Lipinski definition) is 3. The molecular weight excluding hydrogens is 1260 g/mol. The van der Waals surface area contributed by atoms with E-state index < -0.39 is 0 Å². The largest absolute Gasteiger partial charge is 0.328 e. The number of carbonyl (C=O) groups excluding carboxylic acids is 2. The molecule has 0 aliphatic heterocycles. The second-order valence-corrected chi connectivity index (χ2v) is 27.5. The van der Waals surface area contributed by atoms with Crippen molar-refractivity contribution in [3.63, 3.8) is 0 Å². The number of ketones is 2. The average Bonchev–Trinajstić information content (AvgIpc) is 0.815. The zero-order valence-electron chi connectivity index (χ0n) is 56.8. The van der Waals surface area contributed by atoms with Crippen molar-refractivity contribution in [3.05, 3.63) is 196 Å². The van der Waals surface area contributed by atoms with Gasteiger partial charge in [0.05, 0.1) is 55.4 Å². The molecule has 1 unspecified atom stereocenters. The van der Waals surface area contributed by atoms with E-state index in [9.17, 15) is 20.1 Å². The summed E-state index contributed by atoms with van der Waals surface area (Å²) in [6, 6.07) is 30.2. The molecule has 10 atom stereocenters. The van der Waals surface area contributed by atoms with E-state index in [-0.39, 0.29) is 37.1 Å². The maximum atomic E-state index is 11.8. The van der Waals surface area contributed by atoms with E-state index in [4.69, 9.17) is 33.0 Å². The summed E-state index contributed by atoms with van der Waals surface area (Å²) in [6.45, 7) is 10.9. The van der Waals surface area contributed by atoms with Crippen molar-refractivity contribution in [1.29, 1.82) is 26.3 Å². The number of aromatic nitrogens is 10.